The molecular weight excluding hydrogens is 252 g/mol. The smallest absolute Gasteiger partial charge is 0.126 e. The number of nitrogens with two attached hydrogens (primary N) is 1. The molecule has 19 heavy (non-hydrogen) atoms. The minimum atomic E-state index is -0.877. The summed E-state index contributed by atoms with van der Waals surface area (Å²) in [7, 11) is 0. The molecular formula is C14H21F2NO2. The van der Waals surface area contributed by atoms with E-state index in [1.807, 2.05) is 13.8 Å². The van der Waals surface area contributed by atoms with Crippen LogP contribution in [0.3, 0.4) is 0 Å². The molecule has 1 unspecified atom stereocenters. The van der Waals surface area contributed by atoms with Crippen molar-refractivity contribution in [1.82, 2.24) is 0 Å². The highest BCUT2D eigenvalue weighted by Gasteiger charge is 2.31. The van der Waals surface area contributed by atoms with Crippen LogP contribution in [0.25, 0.3) is 0 Å². The maximum absolute atomic E-state index is 13.3. The monoisotopic (exact) mass is 273 g/mol. The molecule has 0 aliphatic heterocycles. The van der Waals surface area contributed by atoms with Crippen LogP contribution in [0.5, 0.6) is 0 Å². The van der Waals surface area contributed by atoms with Crippen LogP contribution in [0.2, 0.25) is 0 Å². The molecule has 0 aromatic heterocycles. The normalized spacial score (nSPS) is 14.7. The Morgan fingerprint density at radius 1 is 1.26 bits per heavy atom. The second-order valence-corrected chi connectivity index (χ2v) is 4.97. The Labute approximate surface area is 112 Å². The van der Waals surface area contributed by atoms with E-state index < -0.39 is 17.0 Å². The fourth-order valence-corrected chi connectivity index (χ4v) is 1.95. The van der Waals surface area contributed by atoms with Gasteiger partial charge in [-0.05, 0) is 38.0 Å². The van der Waals surface area contributed by atoms with Crippen molar-refractivity contribution < 1.29 is 18.6 Å². The standard InChI is InChI=1S/C14H21F2NO2/c1-10(2)19-4-3-14(8-17,9-18)11-5-12(15)7-13(16)6-11/h5-7,10,18H,3-4,8-9,17H2,1-2H3. The van der Waals surface area contributed by atoms with Crippen molar-refractivity contribution in [3.8, 4) is 0 Å². The molecule has 0 fully saturated rings. The zero-order valence-electron chi connectivity index (χ0n) is 11.3. The van der Waals surface area contributed by atoms with Gasteiger partial charge in [-0.1, -0.05) is 0 Å². The molecule has 108 valence electrons. The molecule has 5 heteroatoms. The van der Waals surface area contributed by atoms with Gasteiger partial charge in [0.2, 0.25) is 0 Å². The summed E-state index contributed by atoms with van der Waals surface area (Å²) >= 11 is 0. The quantitative estimate of drug-likeness (QED) is 0.798. The highest BCUT2D eigenvalue weighted by molar-refractivity contribution is 5.28. The largest absolute Gasteiger partial charge is 0.395 e. The molecule has 0 aliphatic rings. The number of hydrogen-bond donors (Lipinski definition) is 2. The Kier molecular flexibility index (Phi) is 5.85. The van der Waals surface area contributed by atoms with Crippen molar-refractivity contribution in [2.24, 2.45) is 5.73 Å². The average molecular weight is 273 g/mol. The first-order valence-electron chi connectivity index (χ1n) is 6.32. The third-order valence-corrected chi connectivity index (χ3v) is 3.20. The summed E-state index contributed by atoms with van der Waals surface area (Å²) in [5, 5.41) is 9.60. The van der Waals surface area contributed by atoms with E-state index in [0.717, 1.165) is 6.07 Å². The molecule has 0 radical (unpaired) electrons. The van der Waals surface area contributed by atoms with Gasteiger partial charge >= 0.3 is 0 Å². The molecule has 0 saturated carbocycles. The summed E-state index contributed by atoms with van der Waals surface area (Å²) < 4.78 is 32.0. The van der Waals surface area contributed by atoms with Crippen LogP contribution in [0.1, 0.15) is 25.8 Å². The van der Waals surface area contributed by atoms with Crippen LogP contribution in [-0.4, -0.2) is 31.0 Å². The first-order chi connectivity index (χ1) is 8.93. The lowest BCUT2D eigenvalue weighted by atomic mass is 9.78. The molecule has 0 spiro atoms. The first kappa shape index (κ1) is 16.0. The predicted octanol–water partition coefficient (Wildman–Crippen LogP) is 1.97. The fraction of sp³-hybridized carbons (Fsp3) is 0.571. The molecule has 1 atom stereocenters. The van der Waals surface area contributed by atoms with Crippen molar-refractivity contribution in [3.63, 3.8) is 0 Å². The maximum atomic E-state index is 13.3. The van der Waals surface area contributed by atoms with E-state index in [1.54, 1.807) is 0 Å². The topological polar surface area (TPSA) is 55.5 Å². The van der Waals surface area contributed by atoms with Crippen LogP contribution < -0.4 is 5.73 Å². The minimum Gasteiger partial charge on any atom is -0.395 e. The van der Waals surface area contributed by atoms with Crippen molar-refractivity contribution in [2.75, 3.05) is 19.8 Å². The maximum Gasteiger partial charge on any atom is 0.126 e. The van der Waals surface area contributed by atoms with Crippen molar-refractivity contribution in [1.29, 1.82) is 0 Å². The van der Waals surface area contributed by atoms with E-state index in [4.69, 9.17) is 10.5 Å². The number of hydrogen-bond acceptors (Lipinski definition) is 3. The Bertz CT molecular complexity index is 386. The number of ether oxygens (including phenoxy) is 1. The summed E-state index contributed by atoms with van der Waals surface area (Å²) in [5.74, 6) is -1.35. The third kappa shape index (κ3) is 4.23. The first-order valence-corrected chi connectivity index (χ1v) is 6.32. The lowest BCUT2D eigenvalue weighted by Gasteiger charge is -2.31. The highest BCUT2D eigenvalue weighted by Crippen LogP contribution is 2.28. The molecule has 0 heterocycles. The Hall–Kier alpha value is -1.04. The lowest BCUT2D eigenvalue weighted by Crippen LogP contribution is -2.40. The van der Waals surface area contributed by atoms with E-state index in [2.05, 4.69) is 0 Å². The van der Waals surface area contributed by atoms with Gasteiger partial charge in [0.05, 0.1) is 12.7 Å². The van der Waals surface area contributed by atoms with Crippen LogP contribution >= 0.6 is 0 Å². The average Bonchev–Trinajstić information content (AvgIpc) is 2.33. The molecule has 3 N–H and O–H groups in total. The fourth-order valence-electron chi connectivity index (χ4n) is 1.95. The Morgan fingerprint density at radius 3 is 2.26 bits per heavy atom. The van der Waals surface area contributed by atoms with Gasteiger partial charge in [0.1, 0.15) is 11.6 Å². The highest BCUT2D eigenvalue weighted by atomic mass is 19.1. The molecule has 1 aromatic carbocycles. The van der Waals surface area contributed by atoms with Crippen LogP contribution in [0, 0.1) is 11.6 Å². The van der Waals surface area contributed by atoms with Gasteiger partial charge < -0.3 is 15.6 Å². The summed E-state index contributed by atoms with van der Waals surface area (Å²) in [5.41, 5.74) is 5.19. The number of benzene rings is 1. The van der Waals surface area contributed by atoms with Crippen LogP contribution in [0.15, 0.2) is 18.2 Å². The number of rotatable bonds is 7. The van der Waals surface area contributed by atoms with Crippen molar-refractivity contribution in [2.45, 2.75) is 31.8 Å². The van der Waals surface area contributed by atoms with E-state index >= 15 is 0 Å². The molecule has 3 nitrogen and oxygen atoms in total. The van der Waals surface area contributed by atoms with E-state index in [0.29, 0.717) is 18.6 Å². The molecule has 1 rings (SSSR count). The molecule has 0 aliphatic carbocycles. The van der Waals surface area contributed by atoms with E-state index in [1.165, 1.54) is 12.1 Å². The summed E-state index contributed by atoms with van der Waals surface area (Å²) in [4.78, 5) is 0. The van der Waals surface area contributed by atoms with Gasteiger partial charge in [0.15, 0.2) is 0 Å². The van der Waals surface area contributed by atoms with Gasteiger partial charge in [-0.25, -0.2) is 8.78 Å². The van der Waals surface area contributed by atoms with E-state index in [9.17, 15) is 13.9 Å². The van der Waals surface area contributed by atoms with Crippen LogP contribution in [-0.2, 0) is 10.2 Å². The minimum absolute atomic E-state index is 0.0541. The third-order valence-electron chi connectivity index (χ3n) is 3.20. The SMILES string of the molecule is CC(C)OCCC(CN)(CO)c1cc(F)cc(F)c1. The Balaban J connectivity index is 2.96. The van der Waals surface area contributed by atoms with Gasteiger partial charge in [-0.2, -0.15) is 0 Å². The predicted molar refractivity (Wildman–Crippen MR) is 69.9 cm³/mol. The van der Waals surface area contributed by atoms with Crippen molar-refractivity contribution in [3.05, 3.63) is 35.4 Å². The van der Waals surface area contributed by atoms with Gasteiger partial charge in [-0.3, -0.25) is 0 Å². The zero-order chi connectivity index (χ0) is 14.5. The molecule has 1 aromatic rings. The number of aliphatic hydroxyl groups excluding tert-OH is 1. The molecule has 0 amide bonds. The second kappa shape index (κ2) is 6.93. The van der Waals surface area contributed by atoms with Gasteiger partial charge in [0.25, 0.3) is 0 Å². The van der Waals surface area contributed by atoms with Crippen LogP contribution in [0.4, 0.5) is 8.78 Å². The molecule has 0 saturated heterocycles. The summed E-state index contributed by atoms with van der Waals surface area (Å²) in [6.07, 6.45) is 0.458. The second-order valence-electron chi connectivity index (χ2n) is 4.97. The van der Waals surface area contributed by atoms with Gasteiger partial charge in [-0.15, -0.1) is 0 Å². The summed E-state index contributed by atoms with van der Waals surface area (Å²) in [6.45, 7) is 3.96. The Morgan fingerprint density at radius 2 is 1.84 bits per heavy atom. The number of halogens is 2. The van der Waals surface area contributed by atoms with E-state index in [-0.39, 0.29) is 19.3 Å². The lowest BCUT2D eigenvalue weighted by molar-refractivity contribution is 0.0543. The van der Waals surface area contributed by atoms with Crippen molar-refractivity contribution >= 4 is 0 Å². The molecule has 0 bridgehead atoms. The summed E-state index contributed by atoms with van der Waals surface area (Å²) in [6, 6.07) is 3.22. The van der Waals surface area contributed by atoms with Gasteiger partial charge in [0, 0.05) is 24.6 Å². The number of aliphatic hydroxyl groups is 1. The zero-order valence-corrected chi connectivity index (χ0v) is 11.3.